The first kappa shape index (κ1) is 17.5. The third-order valence-corrected chi connectivity index (χ3v) is 4.55. The largest absolute Gasteiger partial charge is 0.494 e. The summed E-state index contributed by atoms with van der Waals surface area (Å²) in [6.07, 6.45) is 1.13. The second kappa shape index (κ2) is 5.98. The number of esters is 1. The van der Waals surface area contributed by atoms with Crippen LogP contribution in [0, 0.1) is 5.41 Å². The number of benzene rings is 1. The number of carbonyl (C=O) groups is 1. The molecule has 0 aliphatic carbocycles. The molecule has 0 amide bonds. The molecule has 0 unspecified atom stereocenters. The number of hydrogen-bond donors (Lipinski definition) is 2. The second-order valence-electron chi connectivity index (χ2n) is 6.50. The maximum absolute atomic E-state index is 12.0. The van der Waals surface area contributed by atoms with Gasteiger partial charge in [0, 0.05) is 24.5 Å². The van der Waals surface area contributed by atoms with Crippen molar-refractivity contribution >= 4 is 30.5 Å². The minimum atomic E-state index is -0.588. The number of ether oxygens (including phenoxy) is 1. The van der Waals surface area contributed by atoms with E-state index in [1.54, 1.807) is 13.1 Å². The highest BCUT2D eigenvalue weighted by atomic mass is 16.7. The topological polar surface area (TPSA) is 80.6 Å². The fourth-order valence-corrected chi connectivity index (χ4v) is 2.43. The second-order valence-corrected chi connectivity index (χ2v) is 6.50. The molecule has 7 heteroatoms. The van der Waals surface area contributed by atoms with Gasteiger partial charge in [-0.15, -0.1) is 0 Å². The van der Waals surface area contributed by atoms with Gasteiger partial charge in [-0.3, -0.25) is 0 Å². The van der Waals surface area contributed by atoms with E-state index in [2.05, 4.69) is 5.32 Å². The van der Waals surface area contributed by atoms with Gasteiger partial charge in [-0.1, -0.05) is 0 Å². The van der Waals surface area contributed by atoms with Gasteiger partial charge in [-0.25, -0.2) is 4.79 Å². The molecule has 1 aliphatic rings. The third-order valence-electron chi connectivity index (χ3n) is 4.55. The van der Waals surface area contributed by atoms with Crippen molar-refractivity contribution in [3.8, 4) is 0 Å². The predicted octanol–water partition coefficient (Wildman–Crippen LogP) is 1.81. The summed E-state index contributed by atoms with van der Waals surface area (Å²) in [5.74, 6) is -0.502. The van der Waals surface area contributed by atoms with Crippen LogP contribution in [0.15, 0.2) is 12.1 Å². The van der Waals surface area contributed by atoms with E-state index in [0.29, 0.717) is 22.3 Å². The Morgan fingerprint density at radius 2 is 1.83 bits per heavy atom. The van der Waals surface area contributed by atoms with Crippen LogP contribution < -0.4 is 10.8 Å². The molecule has 6 nitrogen and oxygen atoms in total. The van der Waals surface area contributed by atoms with Crippen molar-refractivity contribution in [1.82, 2.24) is 0 Å². The molecule has 1 saturated heterocycles. The van der Waals surface area contributed by atoms with Gasteiger partial charge < -0.3 is 24.8 Å². The summed E-state index contributed by atoms with van der Waals surface area (Å²) in [6, 6.07) is 3.49. The highest BCUT2D eigenvalue weighted by molar-refractivity contribution is 6.62. The maximum Gasteiger partial charge on any atom is 0.494 e. The van der Waals surface area contributed by atoms with Crippen LogP contribution in [0.2, 0.25) is 0 Å². The van der Waals surface area contributed by atoms with E-state index in [1.807, 2.05) is 33.8 Å². The minimum Gasteiger partial charge on any atom is -0.465 e. The molecule has 1 fully saturated rings. The molecule has 1 aromatic carbocycles. The number of nitrogens with one attached hydrogen (secondary N) is 2. The predicted molar refractivity (Wildman–Crippen MR) is 90.9 cm³/mol. The zero-order chi connectivity index (χ0) is 17.4. The van der Waals surface area contributed by atoms with Gasteiger partial charge in [0.1, 0.15) is 0 Å². The van der Waals surface area contributed by atoms with Crippen LogP contribution in [0.25, 0.3) is 0 Å². The first-order chi connectivity index (χ1) is 10.7. The Morgan fingerprint density at radius 1 is 1.26 bits per heavy atom. The molecule has 0 atom stereocenters. The molecular formula is C16H23BN2O4. The number of carbonyl (C=O) groups excluding carboxylic acids is 1. The van der Waals surface area contributed by atoms with Gasteiger partial charge in [0.2, 0.25) is 0 Å². The average molecular weight is 318 g/mol. The number of anilines is 1. The van der Waals surface area contributed by atoms with Crippen LogP contribution in [0.1, 0.15) is 43.6 Å². The zero-order valence-corrected chi connectivity index (χ0v) is 14.4. The van der Waals surface area contributed by atoms with Crippen LogP contribution in [-0.4, -0.2) is 44.7 Å². The van der Waals surface area contributed by atoms with Crippen LogP contribution in [0.3, 0.4) is 0 Å². The summed E-state index contributed by atoms with van der Waals surface area (Å²) in [6.45, 7) is 7.89. The third kappa shape index (κ3) is 2.98. The summed E-state index contributed by atoms with van der Waals surface area (Å²) < 4.78 is 16.9. The first-order valence-electron chi connectivity index (χ1n) is 7.47. The molecule has 1 aliphatic heterocycles. The van der Waals surface area contributed by atoms with Crippen LogP contribution in [0.4, 0.5) is 5.69 Å². The molecule has 0 aromatic heterocycles. The van der Waals surface area contributed by atoms with Gasteiger partial charge in [0.15, 0.2) is 0 Å². The highest BCUT2D eigenvalue weighted by Crippen LogP contribution is 2.36. The van der Waals surface area contributed by atoms with E-state index in [1.165, 1.54) is 7.11 Å². The van der Waals surface area contributed by atoms with Crippen molar-refractivity contribution < 1.29 is 18.8 Å². The molecule has 23 heavy (non-hydrogen) atoms. The Labute approximate surface area is 137 Å². The highest BCUT2D eigenvalue weighted by Gasteiger charge is 2.52. The van der Waals surface area contributed by atoms with Gasteiger partial charge in [0.05, 0.1) is 23.9 Å². The van der Waals surface area contributed by atoms with E-state index in [-0.39, 0.29) is 0 Å². The number of methoxy groups -OCH3 is 1. The van der Waals surface area contributed by atoms with Crippen molar-refractivity contribution in [3.05, 3.63) is 23.3 Å². The normalized spacial score (nSPS) is 18.6. The Morgan fingerprint density at radius 3 is 2.26 bits per heavy atom. The smallest absolute Gasteiger partial charge is 0.465 e. The lowest BCUT2D eigenvalue weighted by Crippen LogP contribution is -2.41. The van der Waals surface area contributed by atoms with Gasteiger partial charge in [-0.2, -0.15) is 0 Å². The van der Waals surface area contributed by atoms with Crippen LogP contribution >= 0.6 is 0 Å². The van der Waals surface area contributed by atoms with E-state index in [4.69, 9.17) is 19.5 Å². The Kier molecular flexibility index (Phi) is 4.55. The minimum absolute atomic E-state index is 0.305. The SMILES string of the molecule is CNc1cc(B2OC(C)(C)C(C)(C)O2)cc(C(=O)OC)c1C=N. The molecule has 1 heterocycles. The lowest BCUT2D eigenvalue weighted by Gasteiger charge is -2.32. The van der Waals surface area contributed by atoms with E-state index in [9.17, 15) is 4.79 Å². The Bertz CT molecular complexity index is 627. The molecule has 124 valence electrons. The van der Waals surface area contributed by atoms with Crippen LogP contribution in [-0.2, 0) is 14.0 Å². The summed E-state index contributed by atoms with van der Waals surface area (Å²) in [7, 11) is 2.46. The number of hydrogen-bond acceptors (Lipinski definition) is 6. The van der Waals surface area contributed by atoms with Crippen molar-refractivity contribution in [2.45, 2.75) is 38.9 Å². The zero-order valence-electron chi connectivity index (χ0n) is 14.4. The molecule has 2 N–H and O–H groups in total. The molecule has 0 saturated carbocycles. The summed E-state index contributed by atoms with van der Waals surface area (Å²) in [5.41, 5.74) is 1.19. The molecule has 0 bridgehead atoms. The fraction of sp³-hybridized carbons (Fsp3) is 0.500. The molecular weight excluding hydrogens is 295 g/mol. The Balaban J connectivity index is 2.53. The van der Waals surface area contributed by atoms with E-state index >= 15 is 0 Å². The van der Waals surface area contributed by atoms with Gasteiger partial charge in [-0.05, 0) is 45.3 Å². The van der Waals surface area contributed by atoms with Crippen molar-refractivity contribution in [2.75, 3.05) is 19.5 Å². The average Bonchev–Trinajstić information content (AvgIpc) is 2.73. The molecule has 2 rings (SSSR count). The fourth-order valence-electron chi connectivity index (χ4n) is 2.43. The van der Waals surface area contributed by atoms with E-state index < -0.39 is 24.3 Å². The quantitative estimate of drug-likeness (QED) is 0.503. The number of rotatable bonds is 4. The standard InChI is InChI=1S/C16H23BN2O4/c1-15(2)16(3,4)23-17(22-15)10-7-11(14(20)21-6)12(9-18)13(8-10)19-5/h7-9,18-19H,1-6H3. The summed E-state index contributed by atoms with van der Waals surface area (Å²) in [5, 5.41) is 10.6. The van der Waals surface area contributed by atoms with E-state index in [0.717, 1.165) is 6.21 Å². The van der Waals surface area contributed by atoms with Crippen molar-refractivity contribution in [3.63, 3.8) is 0 Å². The van der Waals surface area contributed by atoms with Gasteiger partial charge in [0.25, 0.3) is 0 Å². The maximum atomic E-state index is 12.0. The Hall–Kier alpha value is -1.86. The monoisotopic (exact) mass is 318 g/mol. The van der Waals surface area contributed by atoms with Gasteiger partial charge >= 0.3 is 13.1 Å². The lowest BCUT2D eigenvalue weighted by molar-refractivity contribution is 0.00578. The molecule has 0 spiro atoms. The first-order valence-corrected chi connectivity index (χ1v) is 7.47. The molecule has 1 aromatic rings. The molecule has 0 radical (unpaired) electrons. The van der Waals surface area contributed by atoms with Crippen molar-refractivity contribution in [2.24, 2.45) is 0 Å². The summed E-state index contributed by atoms with van der Waals surface area (Å²) in [4.78, 5) is 12.0. The van der Waals surface area contributed by atoms with Crippen LogP contribution in [0.5, 0.6) is 0 Å². The summed E-state index contributed by atoms with van der Waals surface area (Å²) >= 11 is 0. The lowest BCUT2D eigenvalue weighted by atomic mass is 9.77. The van der Waals surface area contributed by atoms with Crippen molar-refractivity contribution in [1.29, 1.82) is 5.41 Å².